The van der Waals surface area contributed by atoms with Crippen molar-refractivity contribution in [3.05, 3.63) is 35.4 Å². The molecule has 1 aromatic carbocycles. The zero-order valence-corrected chi connectivity index (χ0v) is 17.7. The summed E-state index contributed by atoms with van der Waals surface area (Å²) < 4.78 is 49.5. The molecular formula is C21H32F3N5O2. The van der Waals surface area contributed by atoms with Gasteiger partial charge in [0, 0.05) is 32.7 Å². The van der Waals surface area contributed by atoms with E-state index in [2.05, 4.69) is 20.1 Å². The molecule has 0 radical (unpaired) electrons. The van der Waals surface area contributed by atoms with Crippen LogP contribution >= 0.6 is 0 Å². The highest BCUT2D eigenvalue weighted by atomic mass is 19.4. The van der Waals surface area contributed by atoms with Crippen molar-refractivity contribution in [2.24, 2.45) is 10.7 Å². The number of hydrogen-bond donors (Lipinski definition) is 2. The predicted molar refractivity (Wildman–Crippen MR) is 113 cm³/mol. The van der Waals surface area contributed by atoms with Gasteiger partial charge in [-0.15, -0.1) is 0 Å². The maximum Gasteiger partial charge on any atom is 0.416 e. The lowest BCUT2D eigenvalue weighted by molar-refractivity contribution is -0.137. The van der Waals surface area contributed by atoms with Gasteiger partial charge in [-0.25, -0.2) is 0 Å². The van der Waals surface area contributed by atoms with Crippen LogP contribution in [0.5, 0.6) is 0 Å². The summed E-state index contributed by atoms with van der Waals surface area (Å²) in [5, 5.41) is 3.14. The van der Waals surface area contributed by atoms with Crippen LogP contribution in [0.1, 0.15) is 23.6 Å². The van der Waals surface area contributed by atoms with Gasteiger partial charge in [-0.1, -0.05) is 12.1 Å². The van der Waals surface area contributed by atoms with Crippen molar-refractivity contribution in [2.75, 3.05) is 72.2 Å². The van der Waals surface area contributed by atoms with Crippen molar-refractivity contribution in [3.8, 4) is 0 Å². The average Bonchev–Trinajstić information content (AvgIpc) is 2.78. The lowest BCUT2D eigenvalue weighted by atomic mass is 10.0. The standard InChI is InChI=1S/C21H32F3N5O2/c22-21(23,24)18-4-2-17(3-5-18)19(29-10-14-31-15-11-29)16-27-20(25)26-6-1-7-28-8-12-30-13-9-28/h2-5,19H,1,6-16H2,(H3,25,26,27). The van der Waals surface area contributed by atoms with Gasteiger partial charge >= 0.3 is 6.18 Å². The molecule has 2 aliphatic rings. The lowest BCUT2D eigenvalue weighted by Crippen LogP contribution is -2.41. The largest absolute Gasteiger partial charge is 0.416 e. The number of guanidine groups is 1. The number of ether oxygens (including phenoxy) is 2. The third-order valence-electron chi connectivity index (χ3n) is 5.60. The van der Waals surface area contributed by atoms with Crippen molar-refractivity contribution >= 4 is 5.96 Å². The number of nitrogens with two attached hydrogens (primary N) is 1. The summed E-state index contributed by atoms with van der Waals surface area (Å²) in [6.45, 7) is 8.13. The van der Waals surface area contributed by atoms with Gasteiger partial charge in [-0.2, -0.15) is 13.2 Å². The minimum Gasteiger partial charge on any atom is -0.379 e. The first-order valence-electron chi connectivity index (χ1n) is 10.8. The Morgan fingerprint density at radius 2 is 1.65 bits per heavy atom. The highest BCUT2D eigenvalue weighted by Crippen LogP contribution is 2.31. The number of morpholine rings is 2. The van der Waals surface area contributed by atoms with Crippen molar-refractivity contribution in [3.63, 3.8) is 0 Å². The third-order valence-corrected chi connectivity index (χ3v) is 5.60. The van der Waals surface area contributed by atoms with E-state index in [4.69, 9.17) is 15.2 Å². The van der Waals surface area contributed by atoms with Gasteiger partial charge in [0.05, 0.1) is 44.6 Å². The predicted octanol–water partition coefficient (Wildman–Crippen LogP) is 1.71. The third kappa shape index (κ3) is 7.64. The molecule has 0 spiro atoms. The van der Waals surface area contributed by atoms with E-state index in [1.165, 1.54) is 12.1 Å². The summed E-state index contributed by atoms with van der Waals surface area (Å²) in [4.78, 5) is 9.02. The Balaban J connectivity index is 1.55. The SMILES string of the molecule is NC(=NCC(c1ccc(C(F)(F)F)cc1)N1CCOCC1)NCCCN1CCOCC1. The fraction of sp³-hybridized carbons (Fsp3) is 0.667. The molecule has 0 saturated carbocycles. The average molecular weight is 444 g/mol. The number of rotatable bonds is 8. The van der Waals surface area contributed by atoms with E-state index in [0.29, 0.717) is 38.8 Å². The van der Waals surface area contributed by atoms with Gasteiger partial charge in [0.25, 0.3) is 0 Å². The topological polar surface area (TPSA) is 75.3 Å². The molecule has 7 nitrogen and oxygen atoms in total. The first-order valence-corrected chi connectivity index (χ1v) is 10.8. The van der Waals surface area contributed by atoms with Crippen LogP contribution in [0.15, 0.2) is 29.3 Å². The maximum atomic E-state index is 12.9. The summed E-state index contributed by atoms with van der Waals surface area (Å²) in [5.41, 5.74) is 6.18. The van der Waals surface area contributed by atoms with Crippen LogP contribution < -0.4 is 11.1 Å². The van der Waals surface area contributed by atoms with Gasteiger partial charge in [-0.05, 0) is 30.7 Å². The fourth-order valence-corrected chi connectivity index (χ4v) is 3.80. The second-order valence-corrected chi connectivity index (χ2v) is 7.74. The fourth-order valence-electron chi connectivity index (χ4n) is 3.80. The minimum atomic E-state index is -4.35. The van der Waals surface area contributed by atoms with E-state index in [1.807, 2.05) is 0 Å². The van der Waals surface area contributed by atoms with Crippen LogP contribution in [-0.4, -0.2) is 88.0 Å². The zero-order valence-electron chi connectivity index (χ0n) is 17.7. The van der Waals surface area contributed by atoms with Crippen LogP contribution in [0.25, 0.3) is 0 Å². The summed E-state index contributed by atoms with van der Waals surface area (Å²) in [6, 6.07) is 5.16. The van der Waals surface area contributed by atoms with E-state index in [9.17, 15) is 13.2 Å². The highest BCUT2D eigenvalue weighted by Gasteiger charge is 2.31. The Kier molecular flexibility index (Phi) is 8.94. The molecular weight excluding hydrogens is 411 g/mol. The van der Waals surface area contributed by atoms with Crippen LogP contribution in [0, 0.1) is 0 Å². The molecule has 174 valence electrons. The number of nitrogens with zero attached hydrogens (tertiary/aromatic N) is 3. The summed E-state index contributed by atoms with van der Waals surface area (Å²) in [6.07, 6.45) is -3.40. The molecule has 2 fully saturated rings. The molecule has 1 unspecified atom stereocenters. The van der Waals surface area contributed by atoms with E-state index >= 15 is 0 Å². The van der Waals surface area contributed by atoms with Gasteiger partial charge in [-0.3, -0.25) is 14.8 Å². The Bertz CT molecular complexity index is 687. The van der Waals surface area contributed by atoms with E-state index < -0.39 is 11.7 Å². The monoisotopic (exact) mass is 443 g/mol. The van der Waals surface area contributed by atoms with Crippen LogP contribution in [0.2, 0.25) is 0 Å². The Hall–Kier alpha value is -1.88. The Morgan fingerprint density at radius 1 is 1.03 bits per heavy atom. The molecule has 3 rings (SSSR count). The van der Waals surface area contributed by atoms with E-state index in [-0.39, 0.29) is 6.04 Å². The van der Waals surface area contributed by atoms with E-state index in [1.54, 1.807) is 0 Å². The van der Waals surface area contributed by atoms with Crippen molar-refractivity contribution in [1.82, 2.24) is 15.1 Å². The maximum absolute atomic E-state index is 12.9. The highest BCUT2D eigenvalue weighted by molar-refractivity contribution is 5.77. The zero-order chi connectivity index (χ0) is 22.1. The molecule has 0 aliphatic carbocycles. The second kappa shape index (κ2) is 11.7. The molecule has 31 heavy (non-hydrogen) atoms. The number of hydrogen-bond acceptors (Lipinski definition) is 5. The van der Waals surface area contributed by atoms with Crippen molar-refractivity contribution in [2.45, 2.75) is 18.6 Å². The number of halogens is 3. The van der Waals surface area contributed by atoms with Crippen molar-refractivity contribution < 1.29 is 22.6 Å². The van der Waals surface area contributed by atoms with Crippen molar-refractivity contribution in [1.29, 1.82) is 0 Å². The smallest absolute Gasteiger partial charge is 0.379 e. The molecule has 0 aromatic heterocycles. The minimum absolute atomic E-state index is 0.153. The summed E-state index contributed by atoms with van der Waals surface area (Å²) >= 11 is 0. The number of alkyl halides is 3. The van der Waals surface area contributed by atoms with Gasteiger partial charge in [0.2, 0.25) is 0 Å². The van der Waals surface area contributed by atoms with Gasteiger partial charge in [0.1, 0.15) is 0 Å². The molecule has 1 aromatic rings. The molecule has 3 N–H and O–H groups in total. The van der Waals surface area contributed by atoms with E-state index in [0.717, 1.165) is 63.5 Å². The Morgan fingerprint density at radius 3 is 2.26 bits per heavy atom. The molecule has 2 aliphatic heterocycles. The first kappa shape index (κ1) is 23.8. The Labute approximate surface area is 181 Å². The lowest BCUT2D eigenvalue weighted by Gasteiger charge is -2.34. The first-order chi connectivity index (χ1) is 14.9. The molecule has 0 bridgehead atoms. The summed E-state index contributed by atoms with van der Waals surface area (Å²) in [7, 11) is 0. The van der Waals surface area contributed by atoms with Gasteiger partial charge < -0.3 is 20.5 Å². The molecule has 2 heterocycles. The molecule has 0 amide bonds. The van der Waals surface area contributed by atoms with Gasteiger partial charge in [0.15, 0.2) is 5.96 Å². The van der Waals surface area contributed by atoms with Crippen LogP contribution in [0.4, 0.5) is 13.2 Å². The second-order valence-electron chi connectivity index (χ2n) is 7.74. The molecule has 10 heteroatoms. The quantitative estimate of drug-likeness (QED) is 0.362. The van der Waals surface area contributed by atoms with Crippen LogP contribution in [0.3, 0.4) is 0 Å². The normalized spacial score (nSPS) is 20.5. The van der Waals surface area contributed by atoms with Crippen LogP contribution in [-0.2, 0) is 15.7 Å². The molecule has 1 atom stereocenters. The number of benzene rings is 1. The summed E-state index contributed by atoms with van der Waals surface area (Å²) in [5.74, 6) is 0.354. The molecule has 2 saturated heterocycles. The number of aliphatic imine (C=N–C) groups is 1. The number of nitrogens with one attached hydrogen (secondary N) is 1.